The monoisotopic (exact) mass is 329 g/mol. The zero-order chi connectivity index (χ0) is 16.6. The molecule has 0 saturated heterocycles. The highest BCUT2D eigenvalue weighted by molar-refractivity contribution is 5.92. The van der Waals surface area contributed by atoms with Crippen molar-refractivity contribution in [2.75, 3.05) is 0 Å². The first kappa shape index (κ1) is 15.3. The van der Waals surface area contributed by atoms with E-state index in [4.69, 9.17) is 0 Å². The SMILES string of the molecule is c1ccc(-c2c(C3CCCC3)c3ccccc3n2C2CCCC2)cc1. The fraction of sp³-hybridized carbons (Fsp3) is 0.417. The first-order valence-corrected chi connectivity index (χ1v) is 10.1. The van der Waals surface area contributed by atoms with Gasteiger partial charge in [0.25, 0.3) is 0 Å². The molecule has 0 bridgehead atoms. The number of para-hydroxylation sites is 1. The highest BCUT2D eigenvalue weighted by atomic mass is 15.0. The molecule has 2 aliphatic rings. The van der Waals surface area contributed by atoms with Gasteiger partial charge in [-0.25, -0.2) is 0 Å². The summed E-state index contributed by atoms with van der Waals surface area (Å²) in [6, 6.07) is 21.0. The second-order valence-corrected chi connectivity index (χ2v) is 7.94. The van der Waals surface area contributed by atoms with Crippen molar-refractivity contribution in [1.29, 1.82) is 0 Å². The quantitative estimate of drug-likeness (QED) is 0.484. The molecule has 128 valence electrons. The highest BCUT2D eigenvalue weighted by Gasteiger charge is 2.30. The molecule has 1 nitrogen and oxygen atoms in total. The predicted octanol–water partition coefficient (Wildman–Crippen LogP) is 7.08. The molecule has 1 heterocycles. The topological polar surface area (TPSA) is 4.93 Å². The van der Waals surface area contributed by atoms with Crippen molar-refractivity contribution in [3.8, 4) is 11.3 Å². The van der Waals surface area contributed by atoms with Gasteiger partial charge in [0.2, 0.25) is 0 Å². The number of nitrogens with zero attached hydrogens (tertiary/aromatic N) is 1. The van der Waals surface area contributed by atoms with Crippen molar-refractivity contribution in [1.82, 2.24) is 4.57 Å². The van der Waals surface area contributed by atoms with E-state index in [0.717, 1.165) is 5.92 Å². The lowest BCUT2D eigenvalue weighted by Gasteiger charge is -2.20. The van der Waals surface area contributed by atoms with Gasteiger partial charge >= 0.3 is 0 Å². The van der Waals surface area contributed by atoms with Crippen LogP contribution in [-0.4, -0.2) is 4.57 Å². The van der Waals surface area contributed by atoms with Gasteiger partial charge < -0.3 is 4.57 Å². The summed E-state index contributed by atoms with van der Waals surface area (Å²) in [4.78, 5) is 0. The van der Waals surface area contributed by atoms with Gasteiger partial charge in [0.15, 0.2) is 0 Å². The zero-order valence-electron chi connectivity index (χ0n) is 15.0. The lowest BCUT2D eigenvalue weighted by Crippen LogP contribution is -2.07. The number of fused-ring (bicyclic) bond motifs is 1. The first-order chi connectivity index (χ1) is 12.4. The predicted molar refractivity (Wildman–Crippen MR) is 106 cm³/mol. The van der Waals surface area contributed by atoms with Crippen molar-refractivity contribution in [2.45, 2.75) is 63.3 Å². The molecule has 2 saturated carbocycles. The summed E-state index contributed by atoms with van der Waals surface area (Å²) in [7, 11) is 0. The number of hydrogen-bond donors (Lipinski definition) is 0. The van der Waals surface area contributed by atoms with Crippen LogP contribution in [0.15, 0.2) is 54.6 Å². The molecule has 3 aromatic rings. The van der Waals surface area contributed by atoms with Crippen molar-refractivity contribution < 1.29 is 0 Å². The zero-order valence-corrected chi connectivity index (χ0v) is 15.0. The van der Waals surface area contributed by atoms with Gasteiger partial charge in [0.1, 0.15) is 0 Å². The Morgan fingerprint density at radius 2 is 1.32 bits per heavy atom. The summed E-state index contributed by atoms with van der Waals surface area (Å²) in [5.74, 6) is 0.739. The number of aromatic nitrogens is 1. The molecule has 0 N–H and O–H groups in total. The van der Waals surface area contributed by atoms with Crippen molar-refractivity contribution in [3.63, 3.8) is 0 Å². The van der Waals surface area contributed by atoms with E-state index in [2.05, 4.69) is 59.2 Å². The molecular weight excluding hydrogens is 302 g/mol. The smallest absolute Gasteiger partial charge is 0.0529 e. The minimum Gasteiger partial charge on any atom is -0.337 e. The van der Waals surface area contributed by atoms with Crippen LogP contribution in [0.5, 0.6) is 0 Å². The number of benzene rings is 2. The Labute approximate surface area is 150 Å². The summed E-state index contributed by atoms with van der Waals surface area (Å²) in [5.41, 5.74) is 6.05. The average Bonchev–Trinajstić information content (AvgIpc) is 3.40. The molecule has 2 aliphatic carbocycles. The molecule has 2 aromatic carbocycles. The lowest BCUT2D eigenvalue weighted by atomic mass is 9.92. The first-order valence-electron chi connectivity index (χ1n) is 10.1. The molecule has 0 spiro atoms. The Morgan fingerprint density at radius 3 is 2.08 bits per heavy atom. The Bertz CT molecular complexity index is 809. The van der Waals surface area contributed by atoms with Crippen molar-refractivity contribution in [2.24, 2.45) is 0 Å². The van der Waals surface area contributed by atoms with Crippen LogP contribution in [0.25, 0.3) is 22.2 Å². The van der Waals surface area contributed by atoms with Crippen LogP contribution in [0.4, 0.5) is 0 Å². The van der Waals surface area contributed by atoms with Gasteiger partial charge in [-0.15, -0.1) is 0 Å². The normalized spacial score (nSPS) is 19.2. The summed E-state index contributed by atoms with van der Waals surface area (Å²) in [6.45, 7) is 0. The van der Waals surface area contributed by atoms with Gasteiger partial charge in [-0.3, -0.25) is 0 Å². The van der Waals surface area contributed by atoms with Gasteiger partial charge in [0, 0.05) is 16.9 Å². The second-order valence-electron chi connectivity index (χ2n) is 7.94. The maximum atomic E-state index is 2.73. The largest absolute Gasteiger partial charge is 0.337 e. The molecule has 5 rings (SSSR count). The molecule has 25 heavy (non-hydrogen) atoms. The summed E-state index contributed by atoms with van der Waals surface area (Å²) in [6.07, 6.45) is 10.9. The Kier molecular flexibility index (Phi) is 3.88. The minimum atomic E-state index is 0.676. The third kappa shape index (κ3) is 2.52. The Morgan fingerprint density at radius 1 is 0.680 bits per heavy atom. The standard InChI is InChI=1S/C24H27N/c1-2-12-19(13-3-1)24-23(18-10-4-5-11-18)21-16-8-9-17-22(21)25(24)20-14-6-7-15-20/h1-3,8-9,12-13,16-18,20H,4-7,10-11,14-15H2. The van der Waals surface area contributed by atoms with Crippen LogP contribution in [0.1, 0.15) is 68.9 Å². The van der Waals surface area contributed by atoms with E-state index in [9.17, 15) is 0 Å². The molecule has 2 fully saturated rings. The van der Waals surface area contributed by atoms with Gasteiger partial charge in [-0.1, -0.05) is 74.2 Å². The molecule has 0 aliphatic heterocycles. The van der Waals surface area contributed by atoms with Crippen LogP contribution in [-0.2, 0) is 0 Å². The van der Waals surface area contributed by atoms with Gasteiger partial charge in [-0.2, -0.15) is 0 Å². The van der Waals surface area contributed by atoms with E-state index in [-0.39, 0.29) is 0 Å². The van der Waals surface area contributed by atoms with Crippen molar-refractivity contribution >= 4 is 10.9 Å². The van der Waals surface area contributed by atoms with E-state index in [1.165, 1.54) is 73.5 Å². The summed E-state index contributed by atoms with van der Waals surface area (Å²) >= 11 is 0. The Hall–Kier alpha value is -2.02. The molecular formula is C24H27N. The third-order valence-corrected chi connectivity index (χ3v) is 6.45. The highest BCUT2D eigenvalue weighted by Crippen LogP contribution is 2.47. The minimum absolute atomic E-state index is 0.676. The van der Waals surface area contributed by atoms with Crippen LogP contribution in [0, 0.1) is 0 Å². The van der Waals surface area contributed by atoms with Crippen molar-refractivity contribution in [3.05, 3.63) is 60.2 Å². The molecule has 1 aromatic heterocycles. The van der Waals surface area contributed by atoms with E-state index in [1.807, 2.05) is 0 Å². The van der Waals surface area contributed by atoms with Crippen LogP contribution >= 0.6 is 0 Å². The Balaban J connectivity index is 1.83. The third-order valence-electron chi connectivity index (χ3n) is 6.45. The van der Waals surface area contributed by atoms with Gasteiger partial charge in [0.05, 0.1) is 5.69 Å². The fourth-order valence-electron chi connectivity index (χ4n) is 5.35. The number of rotatable bonds is 3. The van der Waals surface area contributed by atoms with E-state index in [0.29, 0.717) is 6.04 Å². The van der Waals surface area contributed by atoms with E-state index < -0.39 is 0 Å². The van der Waals surface area contributed by atoms with E-state index >= 15 is 0 Å². The molecule has 0 unspecified atom stereocenters. The van der Waals surface area contributed by atoms with Crippen LogP contribution in [0.3, 0.4) is 0 Å². The molecule has 0 atom stereocenters. The lowest BCUT2D eigenvalue weighted by molar-refractivity contribution is 0.538. The van der Waals surface area contributed by atoms with Crippen LogP contribution < -0.4 is 0 Å². The molecule has 0 radical (unpaired) electrons. The maximum absolute atomic E-state index is 2.73. The second kappa shape index (κ2) is 6.37. The van der Waals surface area contributed by atoms with E-state index in [1.54, 1.807) is 5.56 Å². The molecule has 1 heteroatoms. The number of hydrogen-bond acceptors (Lipinski definition) is 0. The maximum Gasteiger partial charge on any atom is 0.0529 e. The molecule has 0 amide bonds. The summed E-state index contributed by atoms with van der Waals surface area (Å²) in [5, 5.41) is 1.51. The fourth-order valence-corrected chi connectivity index (χ4v) is 5.35. The van der Waals surface area contributed by atoms with Crippen LogP contribution in [0.2, 0.25) is 0 Å². The summed E-state index contributed by atoms with van der Waals surface area (Å²) < 4.78 is 2.73. The average molecular weight is 329 g/mol. The van der Waals surface area contributed by atoms with Gasteiger partial charge in [-0.05, 0) is 48.8 Å².